The zero-order valence-corrected chi connectivity index (χ0v) is 17.1. The Morgan fingerprint density at radius 2 is 2.00 bits per heavy atom. The van der Waals surface area contributed by atoms with Crippen molar-refractivity contribution in [3.8, 4) is 11.4 Å². The van der Waals surface area contributed by atoms with E-state index in [0.29, 0.717) is 12.2 Å². The van der Waals surface area contributed by atoms with E-state index in [-0.39, 0.29) is 48.5 Å². The van der Waals surface area contributed by atoms with Crippen LogP contribution in [0.25, 0.3) is 22.6 Å². The van der Waals surface area contributed by atoms with E-state index >= 15 is 0 Å². The molecule has 0 saturated carbocycles. The fraction of sp³-hybridized carbons (Fsp3) is 0.381. The molecule has 1 aliphatic rings. The molecule has 3 heterocycles. The number of carbonyl (C=O) groups is 2. The van der Waals surface area contributed by atoms with Crippen LogP contribution in [0.2, 0.25) is 0 Å². The summed E-state index contributed by atoms with van der Waals surface area (Å²) in [5.41, 5.74) is 6.00. The number of rotatable bonds is 7. The molecule has 1 amide bonds. The molecule has 10 nitrogen and oxygen atoms in total. The summed E-state index contributed by atoms with van der Waals surface area (Å²) in [7, 11) is 0. The molecule has 10 heteroatoms. The van der Waals surface area contributed by atoms with E-state index in [0.717, 1.165) is 17.4 Å². The molecule has 2 aromatic heterocycles. The Bertz CT molecular complexity index is 1180. The lowest BCUT2D eigenvalue weighted by molar-refractivity contribution is -0.143. The summed E-state index contributed by atoms with van der Waals surface area (Å²) in [5.74, 6) is -1.17. The summed E-state index contributed by atoms with van der Waals surface area (Å²) in [5, 5.41) is 0. The molecule has 2 N–H and O–H groups in total. The van der Waals surface area contributed by atoms with Gasteiger partial charge in [-0.3, -0.25) is 18.7 Å². The minimum Gasteiger partial charge on any atom is -0.465 e. The number of imidazole rings is 1. The third kappa shape index (κ3) is 4.06. The summed E-state index contributed by atoms with van der Waals surface area (Å²) < 4.78 is 13.3. The van der Waals surface area contributed by atoms with E-state index in [2.05, 4.69) is 9.97 Å². The zero-order chi connectivity index (χ0) is 22.0. The van der Waals surface area contributed by atoms with Crippen LogP contribution in [0, 0.1) is 0 Å². The molecular weight excluding hydrogens is 402 g/mol. The van der Waals surface area contributed by atoms with Gasteiger partial charge in [0.1, 0.15) is 12.1 Å². The first-order valence-electron chi connectivity index (χ1n) is 10.1. The maximum Gasteiger partial charge on any atom is 0.331 e. The van der Waals surface area contributed by atoms with E-state index in [4.69, 9.17) is 15.2 Å². The summed E-state index contributed by atoms with van der Waals surface area (Å²) in [6.07, 6.45) is 1.54. The smallest absolute Gasteiger partial charge is 0.331 e. The average Bonchev–Trinajstić information content (AvgIpc) is 3.37. The van der Waals surface area contributed by atoms with Gasteiger partial charge in [-0.05, 0) is 19.8 Å². The third-order valence-corrected chi connectivity index (χ3v) is 5.12. The van der Waals surface area contributed by atoms with E-state index in [1.165, 1.54) is 4.57 Å². The molecule has 3 aromatic rings. The number of benzene rings is 1. The van der Waals surface area contributed by atoms with Crippen LogP contribution in [0.5, 0.6) is 0 Å². The van der Waals surface area contributed by atoms with Crippen LogP contribution >= 0.6 is 0 Å². The Hall–Kier alpha value is -3.53. The summed E-state index contributed by atoms with van der Waals surface area (Å²) in [6, 6.07) is 9.07. The van der Waals surface area contributed by atoms with Crippen molar-refractivity contribution in [3.63, 3.8) is 0 Å². The van der Waals surface area contributed by atoms with Gasteiger partial charge in [-0.1, -0.05) is 30.3 Å². The van der Waals surface area contributed by atoms with Gasteiger partial charge in [0.05, 0.1) is 19.3 Å². The summed E-state index contributed by atoms with van der Waals surface area (Å²) in [4.78, 5) is 46.6. The van der Waals surface area contributed by atoms with Crippen molar-refractivity contribution in [2.45, 2.75) is 39.0 Å². The van der Waals surface area contributed by atoms with E-state index in [9.17, 15) is 14.4 Å². The summed E-state index contributed by atoms with van der Waals surface area (Å²) >= 11 is 0. The van der Waals surface area contributed by atoms with Crippen molar-refractivity contribution in [1.29, 1.82) is 0 Å². The van der Waals surface area contributed by atoms with Crippen molar-refractivity contribution in [2.75, 3.05) is 13.2 Å². The van der Waals surface area contributed by atoms with Crippen molar-refractivity contribution < 1.29 is 19.1 Å². The second-order valence-electron chi connectivity index (χ2n) is 7.22. The number of nitrogens with two attached hydrogens (primary N) is 1. The Morgan fingerprint density at radius 3 is 2.65 bits per heavy atom. The maximum atomic E-state index is 13.3. The van der Waals surface area contributed by atoms with Gasteiger partial charge in [-0.25, -0.2) is 14.8 Å². The van der Waals surface area contributed by atoms with Crippen molar-refractivity contribution in [1.82, 2.24) is 19.1 Å². The minimum absolute atomic E-state index is 0.114. The number of hydrogen-bond donors (Lipinski definition) is 1. The van der Waals surface area contributed by atoms with Crippen LogP contribution in [0.15, 0.2) is 35.1 Å². The molecule has 1 fully saturated rings. The molecular formula is C21H23N5O5. The minimum atomic E-state index is -0.823. The predicted octanol–water partition coefficient (Wildman–Crippen LogP) is 1.10. The molecule has 0 unspecified atom stereocenters. The van der Waals surface area contributed by atoms with Gasteiger partial charge in [-0.15, -0.1) is 0 Å². The first kappa shape index (κ1) is 20.7. The van der Waals surface area contributed by atoms with Gasteiger partial charge >= 0.3 is 11.7 Å². The molecule has 1 aliphatic heterocycles. The number of ether oxygens (including phenoxy) is 2. The molecule has 1 atom stereocenters. The molecule has 0 radical (unpaired) electrons. The Kier molecular flexibility index (Phi) is 5.81. The summed E-state index contributed by atoms with van der Waals surface area (Å²) in [6.45, 7) is 2.33. The normalized spacial score (nSPS) is 16.0. The maximum absolute atomic E-state index is 13.3. The quantitative estimate of drug-likeness (QED) is 0.561. The number of primary amides is 1. The second kappa shape index (κ2) is 8.68. The molecule has 0 bridgehead atoms. The zero-order valence-electron chi connectivity index (χ0n) is 17.1. The SMILES string of the molecule is CCOC(=O)Cn1c(=O)n(C[C@H]2CCCO2)c2nc(-c3ccccc3)nc(C(N)=O)c21. The number of esters is 1. The highest BCUT2D eigenvalue weighted by Crippen LogP contribution is 2.23. The molecule has 162 valence electrons. The highest BCUT2D eigenvalue weighted by molar-refractivity contribution is 6.02. The monoisotopic (exact) mass is 425 g/mol. The number of nitrogens with zero attached hydrogens (tertiary/aromatic N) is 4. The first-order valence-corrected chi connectivity index (χ1v) is 10.1. The Morgan fingerprint density at radius 1 is 1.23 bits per heavy atom. The van der Waals surface area contributed by atoms with Gasteiger partial charge in [0, 0.05) is 12.2 Å². The standard InChI is InChI=1S/C21H23N5O5/c1-2-30-15(27)12-25-17-16(18(22)28)23-19(13-7-4-3-5-8-13)24-20(17)26(21(25)29)11-14-9-6-10-31-14/h3-5,7-8,14H,2,6,9-12H2,1H3,(H2,22,28)/t14-/m1/s1. The lowest BCUT2D eigenvalue weighted by Crippen LogP contribution is -2.31. The molecule has 1 aromatic carbocycles. The van der Waals surface area contributed by atoms with Crippen molar-refractivity contribution >= 4 is 23.0 Å². The lowest BCUT2D eigenvalue weighted by Gasteiger charge is -2.10. The highest BCUT2D eigenvalue weighted by Gasteiger charge is 2.27. The lowest BCUT2D eigenvalue weighted by atomic mass is 10.2. The Labute approximate surface area is 177 Å². The number of amides is 1. The molecule has 0 aliphatic carbocycles. The van der Waals surface area contributed by atoms with Gasteiger partial charge in [-0.2, -0.15) is 0 Å². The highest BCUT2D eigenvalue weighted by atomic mass is 16.5. The van der Waals surface area contributed by atoms with Crippen LogP contribution in [0.3, 0.4) is 0 Å². The number of carbonyl (C=O) groups excluding carboxylic acids is 2. The second-order valence-corrected chi connectivity index (χ2v) is 7.22. The van der Waals surface area contributed by atoms with Crippen molar-refractivity contribution in [3.05, 3.63) is 46.5 Å². The fourth-order valence-corrected chi connectivity index (χ4v) is 3.74. The molecule has 0 spiro atoms. The Balaban J connectivity index is 1.96. The van der Waals surface area contributed by atoms with Gasteiger partial charge in [0.15, 0.2) is 17.2 Å². The van der Waals surface area contributed by atoms with Gasteiger partial charge in [0.25, 0.3) is 5.91 Å². The third-order valence-electron chi connectivity index (χ3n) is 5.12. The number of hydrogen-bond acceptors (Lipinski definition) is 7. The average molecular weight is 425 g/mol. The van der Waals surface area contributed by atoms with Crippen molar-refractivity contribution in [2.24, 2.45) is 5.73 Å². The van der Waals surface area contributed by atoms with Gasteiger partial charge < -0.3 is 15.2 Å². The molecule has 31 heavy (non-hydrogen) atoms. The van der Waals surface area contributed by atoms with Crippen LogP contribution in [0.1, 0.15) is 30.3 Å². The van der Waals surface area contributed by atoms with E-state index < -0.39 is 17.6 Å². The van der Waals surface area contributed by atoms with E-state index in [1.54, 1.807) is 19.1 Å². The molecule has 1 saturated heterocycles. The van der Waals surface area contributed by atoms with E-state index in [1.807, 2.05) is 18.2 Å². The number of aromatic nitrogens is 4. The topological polar surface area (TPSA) is 131 Å². The van der Waals surface area contributed by atoms with Crippen LogP contribution in [-0.2, 0) is 27.4 Å². The largest absolute Gasteiger partial charge is 0.465 e. The van der Waals surface area contributed by atoms with Gasteiger partial charge in [0.2, 0.25) is 0 Å². The number of fused-ring (bicyclic) bond motifs is 1. The van der Waals surface area contributed by atoms with Crippen LogP contribution in [-0.4, -0.2) is 50.3 Å². The van der Waals surface area contributed by atoms with Crippen LogP contribution in [0.4, 0.5) is 0 Å². The molecule has 4 rings (SSSR count). The first-order chi connectivity index (χ1) is 15.0. The fourth-order valence-electron chi connectivity index (χ4n) is 3.74. The predicted molar refractivity (Wildman–Crippen MR) is 111 cm³/mol. The van der Waals surface area contributed by atoms with Crippen LogP contribution < -0.4 is 11.4 Å².